The molecule has 2 rings (SSSR count). The van der Waals surface area contributed by atoms with E-state index in [-0.39, 0.29) is 29.9 Å². The molecule has 1 unspecified atom stereocenters. The summed E-state index contributed by atoms with van der Waals surface area (Å²) in [5.41, 5.74) is 0. The maximum absolute atomic E-state index is 11.6. The highest BCUT2D eigenvalue weighted by molar-refractivity contribution is 7.91. The third kappa shape index (κ3) is 4.24. The maximum atomic E-state index is 11.6. The number of esters is 1. The number of sulfone groups is 1. The van der Waals surface area contributed by atoms with Gasteiger partial charge in [-0.2, -0.15) is 0 Å². The number of rotatable bonds is 4. The van der Waals surface area contributed by atoms with E-state index in [1.54, 1.807) is 0 Å². The van der Waals surface area contributed by atoms with Crippen LogP contribution in [0.25, 0.3) is 0 Å². The standard InChI is InChI=1S/C12H21NO4S/c14-12(17-8-10-3-1-2-4-10)7-11-9-18(15,16)6-5-13-11/h10-11,13H,1-9H2. The van der Waals surface area contributed by atoms with Gasteiger partial charge in [-0.1, -0.05) is 12.8 Å². The van der Waals surface area contributed by atoms with Crippen LogP contribution >= 0.6 is 0 Å². The van der Waals surface area contributed by atoms with E-state index in [1.165, 1.54) is 12.8 Å². The van der Waals surface area contributed by atoms with Crippen LogP contribution in [0.4, 0.5) is 0 Å². The number of carbonyl (C=O) groups excluding carboxylic acids is 1. The van der Waals surface area contributed by atoms with Gasteiger partial charge in [-0.25, -0.2) is 8.42 Å². The Labute approximate surface area is 108 Å². The van der Waals surface area contributed by atoms with E-state index >= 15 is 0 Å². The molecule has 1 N–H and O–H groups in total. The van der Waals surface area contributed by atoms with Crippen LogP contribution in [0.3, 0.4) is 0 Å². The Bertz CT molecular complexity index is 387. The first-order valence-corrected chi connectivity index (χ1v) is 8.47. The largest absolute Gasteiger partial charge is 0.465 e. The van der Waals surface area contributed by atoms with Crippen molar-refractivity contribution >= 4 is 15.8 Å². The molecular formula is C12H21NO4S. The number of carbonyl (C=O) groups is 1. The summed E-state index contributed by atoms with van der Waals surface area (Å²) in [5.74, 6) is 0.445. The fourth-order valence-electron chi connectivity index (χ4n) is 2.65. The molecule has 1 saturated heterocycles. The molecule has 0 spiro atoms. The van der Waals surface area contributed by atoms with Crippen LogP contribution < -0.4 is 5.32 Å². The molecule has 5 nitrogen and oxygen atoms in total. The van der Waals surface area contributed by atoms with Crippen LogP contribution in [0.15, 0.2) is 0 Å². The van der Waals surface area contributed by atoms with Gasteiger partial charge in [-0.3, -0.25) is 4.79 Å². The van der Waals surface area contributed by atoms with Gasteiger partial charge < -0.3 is 10.1 Å². The summed E-state index contributed by atoms with van der Waals surface area (Å²) in [6.45, 7) is 0.932. The molecule has 0 bridgehead atoms. The zero-order valence-corrected chi connectivity index (χ0v) is 11.4. The van der Waals surface area contributed by atoms with Crippen molar-refractivity contribution in [3.8, 4) is 0 Å². The van der Waals surface area contributed by atoms with Gasteiger partial charge in [-0.15, -0.1) is 0 Å². The van der Waals surface area contributed by atoms with Gasteiger partial charge in [0.15, 0.2) is 9.84 Å². The third-order valence-electron chi connectivity index (χ3n) is 3.67. The van der Waals surface area contributed by atoms with Gasteiger partial charge in [0.2, 0.25) is 0 Å². The van der Waals surface area contributed by atoms with Gasteiger partial charge in [0.25, 0.3) is 0 Å². The fourth-order valence-corrected chi connectivity index (χ4v) is 4.09. The van der Waals surface area contributed by atoms with Crippen LogP contribution in [-0.4, -0.2) is 45.1 Å². The van der Waals surface area contributed by atoms with Crippen molar-refractivity contribution in [3.63, 3.8) is 0 Å². The van der Waals surface area contributed by atoms with E-state index in [0.717, 1.165) is 12.8 Å². The first-order chi connectivity index (χ1) is 8.55. The summed E-state index contributed by atoms with van der Waals surface area (Å²) in [6.07, 6.45) is 4.90. The lowest BCUT2D eigenvalue weighted by Crippen LogP contribution is -2.46. The number of ether oxygens (including phenoxy) is 1. The summed E-state index contributed by atoms with van der Waals surface area (Å²) in [7, 11) is -2.98. The Hall–Kier alpha value is -0.620. The highest BCUT2D eigenvalue weighted by Gasteiger charge is 2.27. The Kier molecular flexibility index (Phi) is 4.61. The summed E-state index contributed by atoms with van der Waals surface area (Å²) in [5, 5.41) is 3.05. The summed E-state index contributed by atoms with van der Waals surface area (Å²) >= 11 is 0. The van der Waals surface area contributed by atoms with Crippen LogP contribution in [0.1, 0.15) is 32.1 Å². The molecule has 0 aromatic rings. The molecule has 6 heteroatoms. The minimum atomic E-state index is -2.98. The molecule has 1 aliphatic carbocycles. The molecular weight excluding hydrogens is 254 g/mol. The van der Waals surface area contributed by atoms with Gasteiger partial charge in [0.1, 0.15) is 0 Å². The molecule has 0 aromatic carbocycles. The Morgan fingerprint density at radius 2 is 2.00 bits per heavy atom. The molecule has 2 aliphatic rings. The van der Waals surface area contributed by atoms with E-state index in [9.17, 15) is 13.2 Å². The Morgan fingerprint density at radius 3 is 2.67 bits per heavy atom. The second kappa shape index (κ2) is 6.02. The average Bonchev–Trinajstić information content (AvgIpc) is 2.77. The van der Waals surface area contributed by atoms with Crippen molar-refractivity contribution < 1.29 is 17.9 Å². The predicted molar refractivity (Wildman–Crippen MR) is 68.0 cm³/mol. The van der Waals surface area contributed by atoms with Gasteiger partial charge in [0.05, 0.1) is 24.5 Å². The van der Waals surface area contributed by atoms with Crippen LogP contribution in [0.2, 0.25) is 0 Å². The van der Waals surface area contributed by atoms with Crippen molar-refractivity contribution in [1.82, 2.24) is 5.32 Å². The van der Waals surface area contributed by atoms with E-state index in [0.29, 0.717) is 19.1 Å². The van der Waals surface area contributed by atoms with Crippen molar-refractivity contribution in [1.29, 1.82) is 0 Å². The zero-order valence-electron chi connectivity index (χ0n) is 10.6. The topological polar surface area (TPSA) is 72.5 Å². The molecule has 0 aromatic heterocycles. The lowest BCUT2D eigenvalue weighted by atomic mass is 10.1. The van der Waals surface area contributed by atoms with Crippen molar-refractivity contribution in [3.05, 3.63) is 0 Å². The molecule has 1 atom stereocenters. The average molecular weight is 275 g/mol. The summed E-state index contributed by atoms with van der Waals surface area (Å²) in [4.78, 5) is 11.6. The summed E-state index contributed by atoms with van der Waals surface area (Å²) < 4.78 is 28.1. The SMILES string of the molecule is O=C(CC1CS(=O)(=O)CCN1)OCC1CCCC1. The number of nitrogens with one attached hydrogen (secondary N) is 1. The van der Waals surface area contributed by atoms with Gasteiger partial charge >= 0.3 is 5.97 Å². The molecule has 0 amide bonds. The van der Waals surface area contributed by atoms with Crippen molar-refractivity contribution in [2.24, 2.45) is 5.92 Å². The smallest absolute Gasteiger partial charge is 0.307 e. The molecule has 1 saturated carbocycles. The van der Waals surface area contributed by atoms with Crippen molar-refractivity contribution in [2.75, 3.05) is 24.7 Å². The molecule has 18 heavy (non-hydrogen) atoms. The fraction of sp³-hybridized carbons (Fsp3) is 0.917. The molecule has 1 aliphatic heterocycles. The molecule has 2 fully saturated rings. The predicted octanol–water partition coefficient (Wildman–Crippen LogP) is 0.496. The highest BCUT2D eigenvalue weighted by Crippen LogP contribution is 2.24. The van der Waals surface area contributed by atoms with Gasteiger partial charge in [0, 0.05) is 12.6 Å². The van der Waals surface area contributed by atoms with E-state index in [1.807, 2.05) is 0 Å². The molecule has 1 heterocycles. The lowest BCUT2D eigenvalue weighted by Gasteiger charge is -2.23. The van der Waals surface area contributed by atoms with E-state index < -0.39 is 9.84 Å². The molecule has 0 radical (unpaired) electrons. The Morgan fingerprint density at radius 1 is 1.28 bits per heavy atom. The van der Waals surface area contributed by atoms with E-state index in [2.05, 4.69) is 5.32 Å². The summed E-state index contributed by atoms with van der Waals surface area (Å²) in [6, 6.07) is -0.278. The number of hydrogen-bond donors (Lipinski definition) is 1. The highest BCUT2D eigenvalue weighted by atomic mass is 32.2. The Balaban J connectivity index is 1.70. The molecule has 104 valence electrons. The number of hydrogen-bond acceptors (Lipinski definition) is 5. The maximum Gasteiger partial charge on any atom is 0.307 e. The quantitative estimate of drug-likeness (QED) is 0.756. The first-order valence-electron chi connectivity index (χ1n) is 6.64. The van der Waals surface area contributed by atoms with Crippen LogP contribution in [0.5, 0.6) is 0 Å². The van der Waals surface area contributed by atoms with Crippen LogP contribution in [0, 0.1) is 5.92 Å². The monoisotopic (exact) mass is 275 g/mol. The minimum Gasteiger partial charge on any atom is -0.465 e. The van der Waals surface area contributed by atoms with Crippen LogP contribution in [-0.2, 0) is 19.4 Å². The second-order valence-electron chi connectivity index (χ2n) is 5.30. The third-order valence-corrected chi connectivity index (χ3v) is 5.41. The first kappa shape index (κ1) is 13.8. The minimum absolute atomic E-state index is 0.0472. The van der Waals surface area contributed by atoms with Crippen molar-refractivity contribution in [2.45, 2.75) is 38.1 Å². The lowest BCUT2D eigenvalue weighted by molar-refractivity contribution is -0.145. The second-order valence-corrected chi connectivity index (χ2v) is 7.53. The zero-order chi connectivity index (χ0) is 13.0. The van der Waals surface area contributed by atoms with Gasteiger partial charge in [-0.05, 0) is 18.8 Å². The van der Waals surface area contributed by atoms with E-state index in [4.69, 9.17) is 4.74 Å². The normalized spacial score (nSPS) is 28.1.